The molecule has 0 spiro atoms. The van der Waals surface area contributed by atoms with Crippen molar-refractivity contribution < 1.29 is 5.11 Å². The van der Waals surface area contributed by atoms with Gasteiger partial charge in [0, 0.05) is 7.05 Å². The summed E-state index contributed by atoms with van der Waals surface area (Å²) in [7, 11) is 1.91. The van der Waals surface area contributed by atoms with Crippen LogP contribution in [0.5, 0.6) is 0 Å². The Labute approximate surface area is 182 Å². The zero-order valence-electron chi connectivity index (χ0n) is 17.9. The Hall–Kier alpha value is -3.45. The highest BCUT2D eigenvalue weighted by molar-refractivity contribution is 5.84. The fraction of sp³-hybridized carbons (Fsp3) is 0.292. The normalized spacial score (nSPS) is 12.3. The summed E-state index contributed by atoms with van der Waals surface area (Å²) in [4.78, 5) is 13.9. The van der Waals surface area contributed by atoms with Crippen molar-refractivity contribution >= 4 is 22.9 Å². The highest BCUT2D eigenvalue weighted by Gasteiger charge is 2.19. The van der Waals surface area contributed by atoms with Crippen molar-refractivity contribution in [1.82, 2.24) is 19.5 Å². The molecule has 0 unspecified atom stereocenters. The number of aliphatic hydroxyl groups excluding tert-OH is 1. The summed E-state index contributed by atoms with van der Waals surface area (Å²) < 4.78 is 1.88. The van der Waals surface area contributed by atoms with Gasteiger partial charge in [0.25, 0.3) is 0 Å². The molecular formula is C24H28N6O. The molecule has 0 saturated heterocycles. The van der Waals surface area contributed by atoms with Crippen LogP contribution in [-0.4, -0.2) is 37.3 Å². The first kappa shape index (κ1) is 20.8. The summed E-state index contributed by atoms with van der Waals surface area (Å²) in [5.41, 5.74) is 3.70. The van der Waals surface area contributed by atoms with E-state index in [1.54, 1.807) is 6.33 Å². The van der Waals surface area contributed by atoms with Crippen molar-refractivity contribution in [3.63, 3.8) is 0 Å². The van der Waals surface area contributed by atoms with E-state index in [1.807, 2.05) is 48.0 Å². The Balaban J connectivity index is 1.76. The highest BCUT2D eigenvalue weighted by Crippen LogP contribution is 2.29. The lowest BCUT2D eigenvalue weighted by molar-refractivity contribution is 0.268. The van der Waals surface area contributed by atoms with Crippen molar-refractivity contribution in [3.8, 4) is 0 Å². The number of imidazole rings is 1. The van der Waals surface area contributed by atoms with Crippen LogP contribution in [0.3, 0.4) is 0 Å². The smallest absolute Gasteiger partial charge is 0.227 e. The molecule has 0 aliphatic carbocycles. The maximum Gasteiger partial charge on any atom is 0.227 e. The maximum absolute atomic E-state index is 9.71. The van der Waals surface area contributed by atoms with E-state index in [1.165, 1.54) is 0 Å². The first-order valence-electron chi connectivity index (χ1n) is 10.6. The molecule has 0 radical (unpaired) electrons. The van der Waals surface area contributed by atoms with Crippen molar-refractivity contribution in [2.45, 2.75) is 31.8 Å². The monoisotopic (exact) mass is 416 g/mol. The van der Waals surface area contributed by atoms with Crippen LogP contribution in [0.4, 0.5) is 11.8 Å². The van der Waals surface area contributed by atoms with Crippen LogP contribution >= 0.6 is 0 Å². The van der Waals surface area contributed by atoms with Gasteiger partial charge in [-0.1, -0.05) is 74.0 Å². The first-order valence-corrected chi connectivity index (χ1v) is 10.6. The average Bonchev–Trinajstić information content (AvgIpc) is 3.19. The van der Waals surface area contributed by atoms with Gasteiger partial charge in [0.2, 0.25) is 5.95 Å². The second kappa shape index (κ2) is 9.57. The summed E-state index contributed by atoms with van der Waals surface area (Å²) in [6, 6.07) is 20.4. The van der Waals surface area contributed by atoms with Gasteiger partial charge in [0.05, 0.1) is 25.0 Å². The molecule has 0 bridgehead atoms. The lowest BCUT2D eigenvalue weighted by atomic mass is 9.99. The molecule has 160 valence electrons. The standard InChI is InChI=1S/C24H28N6O/c1-3-10-19(15-31)26-24-28-22(21-23(29-24)30(2)16-25-21)27-20(17-11-6-4-7-12-17)18-13-8-5-9-14-18/h4-9,11-14,16,19-20,31H,3,10,15H2,1-2H3,(H2,26,27,28,29)/t19-/m1/s1. The van der Waals surface area contributed by atoms with Gasteiger partial charge in [-0.15, -0.1) is 0 Å². The molecule has 2 heterocycles. The second-order valence-electron chi connectivity index (χ2n) is 7.63. The topological polar surface area (TPSA) is 87.9 Å². The SMILES string of the molecule is CCC[C@H](CO)Nc1nc(NC(c2ccccc2)c2ccccc2)c2ncn(C)c2n1. The number of hydrogen-bond donors (Lipinski definition) is 3. The van der Waals surface area contributed by atoms with Crippen LogP contribution in [0.2, 0.25) is 0 Å². The fourth-order valence-electron chi connectivity index (χ4n) is 3.70. The Kier molecular flexibility index (Phi) is 6.43. The molecule has 1 atom stereocenters. The van der Waals surface area contributed by atoms with Crippen LogP contribution in [0, 0.1) is 0 Å². The van der Waals surface area contributed by atoms with E-state index in [4.69, 9.17) is 4.98 Å². The summed E-state index contributed by atoms with van der Waals surface area (Å²) in [5, 5.41) is 16.6. The van der Waals surface area contributed by atoms with Crippen LogP contribution in [-0.2, 0) is 7.05 Å². The Bertz CT molecular complexity index is 1070. The quantitative estimate of drug-likeness (QED) is 0.380. The predicted octanol–water partition coefficient (Wildman–Crippen LogP) is 4.14. The molecule has 3 N–H and O–H groups in total. The molecule has 7 heteroatoms. The van der Waals surface area contributed by atoms with E-state index < -0.39 is 0 Å². The molecule has 4 rings (SSSR count). The van der Waals surface area contributed by atoms with E-state index >= 15 is 0 Å². The molecule has 4 aromatic rings. The van der Waals surface area contributed by atoms with E-state index in [2.05, 4.69) is 51.8 Å². The molecule has 31 heavy (non-hydrogen) atoms. The number of benzene rings is 2. The first-order chi connectivity index (χ1) is 15.2. The second-order valence-corrected chi connectivity index (χ2v) is 7.63. The molecule has 0 aliphatic heterocycles. The number of nitrogens with zero attached hydrogens (tertiary/aromatic N) is 4. The Morgan fingerprint density at radius 3 is 2.16 bits per heavy atom. The van der Waals surface area contributed by atoms with Gasteiger partial charge in [-0.2, -0.15) is 9.97 Å². The molecule has 0 amide bonds. The zero-order chi connectivity index (χ0) is 21.6. The fourth-order valence-corrected chi connectivity index (χ4v) is 3.70. The number of nitrogens with one attached hydrogen (secondary N) is 2. The molecule has 2 aromatic carbocycles. The number of anilines is 2. The maximum atomic E-state index is 9.71. The minimum atomic E-state index is -0.0976. The molecule has 0 aliphatic rings. The van der Waals surface area contributed by atoms with Crippen LogP contribution in [0.15, 0.2) is 67.0 Å². The minimum Gasteiger partial charge on any atom is -0.394 e. The summed E-state index contributed by atoms with van der Waals surface area (Å²) in [6.07, 6.45) is 3.54. The van der Waals surface area contributed by atoms with Crippen LogP contribution in [0.25, 0.3) is 11.2 Å². The van der Waals surface area contributed by atoms with Crippen molar-refractivity contribution in [2.24, 2.45) is 7.05 Å². The minimum absolute atomic E-state index is 0.0278. The number of aromatic nitrogens is 4. The van der Waals surface area contributed by atoms with E-state index in [-0.39, 0.29) is 18.7 Å². The van der Waals surface area contributed by atoms with Gasteiger partial charge in [-0.3, -0.25) is 0 Å². The third-order valence-electron chi connectivity index (χ3n) is 5.30. The van der Waals surface area contributed by atoms with Gasteiger partial charge in [-0.05, 0) is 17.5 Å². The van der Waals surface area contributed by atoms with Crippen LogP contribution < -0.4 is 10.6 Å². The predicted molar refractivity (Wildman–Crippen MR) is 124 cm³/mol. The van der Waals surface area contributed by atoms with Crippen molar-refractivity contribution in [2.75, 3.05) is 17.2 Å². The third-order valence-corrected chi connectivity index (χ3v) is 5.30. The average molecular weight is 417 g/mol. The lowest BCUT2D eigenvalue weighted by Crippen LogP contribution is -2.25. The molecule has 0 saturated carbocycles. The summed E-state index contributed by atoms with van der Waals surface area (Å²) in [5.74, 6) is 1.13. The van der Waals surface area contributed by atoms with E-state index in [9.17, 15) is 5.11 Å². The number of hydrogen-bond acceptors (Lipinski definition) is 6. The van der Waals surface area contributed by atoms with Gasteiger partial charge < -0.3 is 20.3 Å². The highest BCUT2D eigenvalue weighted by atomic mass is 16.3. The molecule has 7 nitrogen and oxygen atoms in total. The molecular weight excluding hydrogens is 388 g/mol. The number of fused-ring (bicyclic) bond motifs is 1. The van der Waals surface area contributed by atoms with Gasteiger partial charge in [0.15, 0.2) is 17.0 Å². The van der Waals surface area contributed by atoms with Crippen LogP contribution in [0.1, 0.15) is 36.9 Å². The third kappa shape index (κ3) is 4.67. The number of aryl methyl sites for hydroxylation is 1. The van der Waals surface area contributed by atoms with Gasteiger partial charge in [-0.25, -0.2) is 4.98 Å². The van der Waals surface area contributed by atoms with E-state index in [0.717, 1.165) is 29.6 Å². The Morgan fingerprint density at radius 1 is 0.935 bits per heavy atom. The van der Waals surface area contributed by atoms with Crippen molar-refractivity contribution in [1.29, 1.82) is 0 Å². The summed E-state index contributed by atoms with van der Waals surface area (Å²) in [6.45, 7) is 2.12. The van der Waals surface area contributed by atoms with Crippen molar-refractivity contribution in [3.05, 3.63) is 78.1 Å². The largest absolute Gasteiger partial charge is 0.394 e. The molecule has 2 aromatic heterocycles. The lowest BCUT2D eigenvalue weighted by Gasteiger charge is -2.22. The van der Waals surface area contributed by atoms with E-state index in [0.29, 0.717) is 17.3 Å². The zero-order valence-corrected chi connectivity index (χ0v) is 17.9. The molecule has 0 fully saturated rings. The van der Waals surface area contributed by atoms with Gasteiger partial charge in [0.1, 0.15) is 0 Å². The Morgan fingerprint density at radius 2 is 1.58 bits per heavy atom. The number of aliphatic hydroxyl groups is 1. The summed E-state index contributed by atoms with van der Waals surface area (Å²) >= 11 is 0. The van der Waals surface area contributed by atoms with Gasteiger partial charge >= 0.3 is 0 Å². The number of rotatable bonds is 9.